The molecule has 17 heavy (non-hydrogen) atoms. The number of nitrogens with one attached hydrogen (secondary N) is 1. The average Bonchev–Trinajstić information content (AvgIpc) is 2.15. The van der Waals surface area contributed by atoms with Crippen molar-refractivity contribution >= 4 is 23.2 Å². The van der Waals surface area contributed by atoms with E-state index in [0.29, 0.717) is 17.4 Å². The minimum atomic E-state index is -0.751. The topological polar surface area (TPSA) is 55.1 Å². The summed E-state index contributed by atoms with van der Waals surface area (Å²) in [6.07, 6.45) is 0.675. The minimum absolute atomic E-state index is 0.355. The maximum atomic E-state index is 11.6. The highest BCUT2D eigenvalue weighted by molar-refractivity contribution is 6.30. The zero-order valence-corrected chi connectivity index (χ0v) is 11.2. The molecule has 0 heterocycles. The fourth-order valence-corrected chi connectivity index (χ4v) is 2.10. The van der Waals surface area contributed by atoms with Crippen molar-refractivity contribution in [3.8, 4) is 0 Å². The first-order chi connectivity index (χ1) is 7.83. The molecule has 94 valence electrons. The molecule has 1 aromatic carbocycles. The molecule has 0 fully saturated rings. The summed E-state index contributed by atoms with van der Waals surface area (Å²) < 4.78 is 0. The Kier molecular flexibility index (Phi) is 4.40. The molecule has 3 nitrogen and oxygen atoms in total. The van der Waals surface area contributed by atoms with Gasteiger partial charge >= 0.3 is 0 Å². The lowest BCUT2D eigenvalue weighted by Crippen LogP contribution is -2.48. The fourth-order valence-electron chi connectivity index (χ4n) is 1.91. The molecule has 0 saturated carbocycles. The molecule has 0 aliphatic carbocycles. The van der Waals surface area contributed by atoms with Crippen molar-refractivity contribution in [2.75, 3.05) is 5.32 Å². The highest BCUT2D eigenvalue weighted by Crippen LogP contribution is 2.24. The van der Waals surface area contributed by atoms with E-state index < -0.39 is 5.54 Å². The van der Waals surface area contributed by atoms with Crippen LogP contribution < -0.4 is 11.1 Å². The summed E-state index contributed by atoms with van der Waals surface area (Å²) in [5, 5.41) is 3.80. The van der Waals surface area contributed by atoms with Crippen LogP contribution in [-0.2, 0) is 4.79 Å². The zero-order chi connectivity index (χ0) is 13.1. The molecule has 1 aromatic rings. The summed E-state index contributed by atoms with van der Waals surface area (Å²) in [4.78, 5) is 11.6. The molecular formula is C13H19ClN2O. The van der Waals surface area contributed by atoms with Gasteiger partial charge in [0.15, 0.2) is 0 Å². The van der Waals surface area contributed by atoms with Crippen molar-refractivity contribution in [1.29, 1.82) is 0 Å². The Hall–Kier alpha value is -1.22. The van der Waals surface area contributed by atoms with Crippen molar-refractivity contribution in [2.24, 2.45) is 11.7 Å². The van der Waals surface area contributed by atoms with Crippen LogP contribution in [0.5, 0.6) is 0 Å². The normalized spacial score (nSPS) is 14.4. The van der Waals surface area contributed by atoms with Crippen LogP contribution in [0.2, 0.25) is 5.02 Å². The van der Waals surface area contributed by atoms with Crippen molar-refractivity contribution in [3.05, 3.63) is 29.3 Å². The Morgan fingerprint density at radius 1 is 1.53 bits per heavy atom. The van der Waals surface area contributed by atoms with E-state index in [-0.39, 0.29) is 5.91 Å². The van der Waals surface area contributed by atoms with E-state index in [0.717, 1.165) is 5.69 Å². The molecule has 0 saturated heterocycles. The maximum Gasteiger partial charge on any atom is 0.242 e. The molecule has 1 unspecified atom stereocenters. The third-order valence-electron chi connectivity index (χ3n) is 2.61. The first-order valence-electron chi connectivity index (χ1n) is 5.67. The minimum Gasteiger partial charge on any atom is -0.371 e. The lowest BCUT2D eigenvalue weighted by molar-refractivity contribution is -0.122. The fraction of sp³-hybridized carbons (Fsp3) is 0.462. The number of halogens is 1. The lowest BCUT2D eigenvalue weighted by Gasteiger charge is -2.30. The smallest absolute Gasteiger partial charge is 0.242 e. The van der Waals surface area contributed by atoms with E-state index in [4.69, 9.17) is 17.3 Å². The van der Waals surface area contributed by atoms with Crippen LogP contribution in [-0.4, -0.2) is 11.4 Å². The van der Waals surface area contributed by atoms with Gasteiger partial charge in [-0.15, -0.1) is 0 Å². The van der Waals surface area contributed by atoms with Crippen LogP contribution >= 0.6 is 11.6 Å². The maximum absolute atomic E-state index is 11.6. The molecule has 0 aliphatic heterocycles. The Morgan fingerprint density at radius 3 is 2.65 bits per heavy atom. The number of carbonyl (C=O) groups excluding carboxylic acids is 1. The van der Waals surface area contributed by atoms with Gasteiger partial charge in [-0.25, -0.2) is 0 Å². The molecule has 4 heteroatoms. The summed E-state index contributed by atoms with van der Waals surface area (Å²) in [6.45, 7) is 5.93. The summed E-state index contributed by atoms with van der Waals surface area (Å²) >= 11 is 5.90. The Bertz CT molecular complexity index is 406. The first-order valence-corrected chi connectivity index (χ1v) is 6.05. The molecule has 0 aromatic heterocycles. The Morgan fingerprint density at radius 2 is 2.18 bits per heavy atom. The number of amides is 1. The number of hydrogen-bond acceptors (Lipinski definition) is 2. The summed E-state index contributed by atoms with van der Waals surface area (Å²) in [5.74, 6) is 0.0189. The molecule has 1 amide bonds. The van der Waals surface area contributed by atoms with E-state index >= 15 is 0 Å². The predicted octanol–water partition coefficient (Wildman–Crippen LogP) is 3.04. The van der Waals surface area contributed by atoms with E-state index in [2.05, 4.69) is 19.2 Å². The van der Waals surface area contributed by atoms with Crippen LogP contribution in [0.25, 0.3) is 0 Å². The third-order valence-corrected chi connectivity index (χ3v) is 2.84. The molecule has 0 spiro atoms. The van der Waals surface area contributed by atoms with Crippen LogP contribution in [0.1, 0.15) is 27.2 Å². The van der Waals surface area contributed by atoms with Crippen LogP contribution in [0, 0.1) is 5.92 Å². The summed E-state index contributed by atoms with van der Waals surface area (Å²) in [7, 11) is 0. The highest BCUT2D eigenvalue weighted by atomic mass is 35.5. The second kappa shape index (κ2) is 5.41. The number of primary amides is 1. The summed E-state index contributed by atoms with van der Waals surface area (Å²) in [6, 6.07) is 7.27. The van der Waals surface area contributed by atoms with Crippen LogP contribution in [0.15, 0.2) is 24.3 Å². The number of nitrogens with two attached hydrogens (primary N) is 1. The predicted molar refractivity (Wildman–Crippen MR) is 72.1 cm³/mol. The molecular weight excluding hydrogens is 236 g/mol. The highest BCUT2D eigenvalue weighted by Gasteiger charge is 2.31. The monoisotopic (exact) mass is 254 g/mol. The second-order valence-electron chi connectivity index (χ2n) is 4.93. The Labute approximate surface area is 107 Å². The van der Waals surface area contributed by atoms with E-state index in [1.807, 2.05) is 19.1 Å². The van der Waals surface area contributed by atoms with Gasteiger partial charge in [0, 0.05) is 10.7 Å². The largest absolute Gasteiger partial charge is 0.371 e. The van der Waals surface area contributed by atoms with Crippen molar-refractivity contribution < 1.29 is 4.79 Å². The van der Waals surface area contributed by atoms with Gasteiger partial charge in [-0.05, 0) is 37.5 Å². The summed E-state index contributed by atoms with van der Waals surface area (Å²) in [5.41, 5.74) is 5.52. The van der Waals surface area contributed by atoms with Crippen LogP contribution in [0.3, 0.4) is 0 Å². The molecule has 0 aliphatic rings. The van der Waals surface area contributed by atoms with Gasteiger partial charge in [0.2, 0.25) is 5.91 Å². The number of anilines is 1. The number of rotatable bonds is 5. The van der Waals surface area contributed by atoms with Gasteiger partial charge < -0.3 is 11.1 Å². The van der Waals surface area contributed by atoms with Crippen molar-refractivity contribution in [2.45, 2.75) is 32.7 Å². The second-order valence-corrected chi connectivity index (χ2v) is 5.37. The molecule has 0 radical (unpaired) electrons. The first kappa shape index (κ1) is 13.8. The van der Waals surface area contributed by atoms with Gasteiger partial charge in [0.1, 0.15) is 5.54 Å². The van der Waals surface area contributed by atoms with Crippen molar-refractivity contribution in [3.63, 3.8) is 0 Å². The van der Waals surface area contributed by atoms with Crippen LogP contribution in [0.4, 0.5) is 5.69 Å². The van der Waals surface area contributed by atoms with Gasteiger partial charge in [-0.2, -0.15) is 0 Å². The van der Waals surface area contributed by atoms with Gasteiger partial charge in [-0.3, -0.25) is 4.79 Å². The molecule has 3 N–H and O–H groups in total. The average molecular weight is 255 g/mol. The molecule has 0 bridgehead atoms. The number of hydrogen-bond donors (Lipinski definition) is 2. The van der Waals surface area contributed by atoms with Gasteiger partial charge in [0.05, 0.1) is 0 Å². The standard InChI is InChI=1S/C13H19ClN2O/c1-9(2)8-13(3,12(15)17)16-11-6-4-5-10(14)7-11/h4-7,9,16H,8H2,1-3H3,(H2,15,17). The SMILES string of the molecule is CC(C)CC(C)(Nc1cccc(Cl)c1)C(N)=O. The van der Waals surface area contributed by atoms with Gasteiger partial charge in [0.25, 0.3) is 0 Å². The third kappa shape index (κ3) is 3.93. The van der Waals surface area contributed by atoms with E-state index in [1.165, 1.54) is 0 Å². The van der Waals surface area contributed by atoms with E-state index in [9.17, 15) is 4.79 Å². The van der Waals surface area contributed by atoms with Gasteiger partial charge in [-0.1, -0.05) is 31.5 Å². The Balaban J connectivity index is 2.90. The lowest BCUT2D eigenvalue weighted by atomic mass is 9.89. The quantitative estimate of drug-likeness (QED) is 0.849. The molecule has 1 atom stereocenters. The van der Waals surface area contributed by atoms with Crippen molar-refractivity contribution in [1.82, 2.24) is 0 Å². The number of benzene rings is 1. The van der Waals surface area contributed by atoms with E-state index in [1.54, 1.807) is 12.1 Å². The molecule has 1 rings (SSSR count). The zero-order valence-electron chi connectivity index (χ0n) is 10.5. The number of carbonyl (C=O) groups is 1.